The van der Waals surface area contributed by atoms with Gasteiger partial charge in [-0.15, -0.1) is 0 Å². The first-order chi connectivity index (χ1) is 7.40. The first-order valence-corrected chi connectivity index (χ1v) is 6.38. The molecule has 0 radical (unpaired) electrons. The molecule has 0 aromatic rings. The highest BCUT2D eigenvalue weighted by atomic mass is 16.6. The first kappa shape index (κ1) is 11.9. The molecule has 92 valence electrons. The van der Waals surface area contributed by atoms with Gasteiger partial charge in [0.2, 0.25) is 0 Å². The SMILES string of the molecule is CC(C)(C)OC(=O)[C@@H]1[C@@H](N)[C@@H]2CCCC[C@@H]21. The fraction of sp³-hybridized carbons (Fsp3) is 0.923. The van der Waals surface area contributed by atoms with Gasteiger partial charge in [0.1, 0.15) is 5.60 Å². The molecule has 0 saturated heterocycles. The van der Waals surface area contributed by atoms with E-state index >= 15 is 0 Å². The van der Waals surface area contributed by atoms with Crippen molar-refractivity contribution in [2.24, 2.45) is 23.5 Å². The Hall–Kier alpha value is -0.570. The lowest BCUT2D eigenvalue weighted by atomic mass is 9.55. The maximum absolute atomic E-state index is 12.0. The van der Waals surface area contributed by atoms with E-state index in [-0.39, 0.29) is 17.9 Å². The van der Waals surface area contributed by atoms with Gasteiger partial charge in [-0.1, -0.05) is 12.8 Å². The van der Waals surface area contributed by atoms with E-state index in [0.29, 0.717) is 11.8 Å². The number of carbonyl (C=O) groups excluding carboxylic acids is 1. The zero-order valence-electron chi connectivity index (χ0n) is 10.5. The van der Waals surface area contributed by atoms with Gasteiger partial charge >= 0.3 is 5.97 Å². The standard InChI is InChI=1S/C13H23NO2/c1-13(2,3)16-12(15)10-8-6-4-5-7-9(8)11(10)14/h8-11H,4-7,14H2,1-3H3/t8-,9+,10-,11-/m0/s1. The highest BCUT2D eigenvalue weighted by Gasteiger charge is 2.53. The minimum Gasteiger partial charge on any atom is -0.460 e. The van der Waals surface area contributed by atoms with Gasteiger partial charge in [0.05, 0.1) is 5.92 Å². The Morgan fingerprint density at radius 3 is 2.31 bits per heavy atom. The van der Waals surface area contributed by atoms with E-state index in [1.165, 1.54) is 19.3 Å². The molecule has 0 heterocycles. The van der Waals surface area contributed by atoms with Crippen LogP contribution in [0.3, 0.4) is 0 Å². The van der Waals surface area contributed by atoms with Crippen molar-refractivity contribution in [3.05, 3.63) is 0 Å². The first-order valence-electron chi connectivity index (χ1n) is 6.38. The van der Waals surface area contributed by atoms with Crippen LogP contribution in [0.25, 0.3) is 0 Å². The Labute approximate surface area is 97.7 Å². The van der Waals surface area contributed by atoms with E-state index in [1.54, 1.807) is 0 Å². The van der Waals surface area contributed by atoms with E-state index in [0.717, 1.165) is 6.42 Å². The highest BCUT2D eigenvalue weighted by molar-refractivity contribution is 5.75. The van der Waals surface area contributed by atoms with Crippen LogP contribution in [0.2, 0.25) is 0 Å². The predicted octanol–water partition coefficient (Wildman–Crippen LogP) is 2.09. The maximum Gasteiger partial charge on any atom is 0.311 e. The van der Waals surface area contributed by atoms with E-state index in [4.69, 9.17) is 10.5 Å². The van der Waals surface area contributed by atoms with Crippen LogP contribution >= 0.6 is 0 Å². The molecule has 2 N–H and O–H groups in total. The number of hydrogen-bond donors (Lipinski definition) is 1. The van der Waals surface area contributed by atoms with E-state index < -0.39 is 5.60 Å². The molecule has 0 aliphatic heterocycles. The molecule has 0 aromatic heterocycles. The van der Waals surface area contributed by atoms with Crippen LogP contribution in [-0.4, -0.2) is 17.6 Å². The van der Waals surface area contributed by atoms with Crippen LogP contribution < -0.4 is 5.73 Å². The number of hydrogen-bond acceptors (Lipinski definition) is 3. The monoisotopic (exact) mass is 225 g/mol. The van der Waals surface area contributed by atoms with Gasteiger partial charge in [-0.3, -0.25) is 4.79 Å². The van der Waals surface area contributed by atoms with Gasteiger partial charge in [-0.25, -0.2) is 0 Å². The molecule has 2 rings (SSSR count). The highest BCUT2D eigenvalue weighted by Crippen LogP contribution is 2.49. The van der Waals surface area contributed by atoms with Gasteiger partial charge in [-0.2, -0.15) is 0 Å². The number of carbonyl (C=O) groups is 1. The third-order valence-corrected chi connectivity index (χ3v) is 3.92. The molecule has 0 bridgehead atoms. The van der Waals surface area contributed by atoms with Crippen LogP contribution in [0.15, 0.2) is 0 Å². The van der Waals surface area contributed by atoms with Crippen molar-refractivity contribution >= 4 is 5.97 Å². The Bertz CT molecular complexity index is 282. The van der Waals surface area contributed by atoms with Gasteiger partial charge in [0, 0.05) is 6.04 Å². The topological polar surface area (TPSA) is 52.3 Å². The van der Waals surface area contributed by atoms with E-state index in [2.05, 4.69) is 0 Å². The van der Waals surface area contributed by atoms with Crippen LogP contribution in [0.5, 0.6) is 0 Å². The van der Waals surface area contributed by atoms with Crippen molar-refractivity contribution in [3.63, 3.8) is 0 Å². The second-order valence-corrected chi connectivity index (χ2v) is 6.25. The lowest BCUT2D eigenvalue weighted by Gasteiger charge is -2.52. The van der Waals surface area contributed by atoms with Crippen LogP contribution in [0.4, 0.5) is 0 Å². The van der Waals surface area contributed by atoms with E-state index in [9.17, 15) is 4.79 Å². The minimum absolute atomic E-state index is 0.0375. The number of ether oxygens (including phenoxy) is 1. The summed E-state index contributed by atoms with van der Waals surface area (Å²) in [5.74, 6) is 0.956. The molecule has 16 heavy (non-hydrogen) atoms. The molecule has 0 spiro atoms. The summed E-state index contributed by atoms with van der Waals surface area (Å²) in [5.41, 5.74) is 5.70. The molecule has 3 heteroatoms. The third-order valence-electron chi connectivity index (χ3n) is 3.92. The van der Waals surface area contributed by atoms with Gasteiger partial charge < -0.3 is 10.5 Å². The quantitative estimate of drug-likeness (QED) is 0.695. The predicted molar refractivity (Wildman–Crippen MR) is 62.8 cm³/mol. The minimum atomic E-state index is -0.392. The molecule has 4 atom stereocenters. The summed E-state index contributed by atoms with van der Waals surface area (Å²) in [5, 5.41) is 0. The van der Waals surface area contributed by atoms with Crippen LogP contribution in [0.1, 0.15) is 46.5 Å². The molecular weight excluding hydrogens is 202 g/mol. The third kappa shape index (κ3) is 2.10. The summed E-state index contributed by atoms with van der Waals surface area (Å²) in [4.78, 5) is 12.0. The molecule has 0 unspecified atom stereocenters. The Morgan fingerprint density at radius 2 is 1.75 bits per heavy atom. The molecule has 0 amide bonds. The number of esters is 1. The fourth-order valence-corrected chi connectivity index (χ4v) is 3.22. The summed E-state index contributed by atoms with van der Waals surface area (Å²) >= 11 is 0. The Morgan fingerprint density at radius 1 is 1.19 bits per heavy atom. The largest absolute Gasteiger partial charge is 0.460 e. The molecule has 3 nitrogen and oxygen atoms in total. The van der Waals surface area contributed by atoms with Crippen molar-refractivity contribution in [1.29, 1.82) is 0 Å². The lowest BCUT2D eigenvalue weighted by molar-refractivity contribution is -0.173. The summed E-state index contributed by atoms with van der Waals surface area (Å²) in [7, 11) is 0. The van der Waals surface area contributed by atoms with Crippen LogP contribution in [-0.2, 0) is 9.53 Å². The number of rotatable bonds is 1. The summed E-state index contributed by atoms with van der Waals surface area (Å²) in [6.07, 6.45) is 4.87. The average molecular weight is 225 g/mol. The zero-order chi connectivity index (χ0) is 11.9. The normalized spacial score (nSPS) is 38.5. The summed E-state index contributed by atoms with van der Waals surface area (Å²) < 4.78 is 5.44. The van der Waals surface area contributed by atoms with Gasteiger partial charge in [0.15, 0.2) is 0 Å². The Balaban J connectivity index is 1.97. The second kappa shape index (κ2) is 4.02. The zero-order valence-corrected chi connectivity index (χ0v) is 10.5. The molecule has 2 aliphatic rings. The van der Waals surface area contributed by atoms with Crippen LogP contribution in [0, 0.1) is 17.8 Å². The number of nitrogens with two attached hydrogens (primary N) is 1. The molecule has 0 aromatic carbocycles. The van der Waals surface area contributed by atoms with Crippen molar-refractivity contribution < 1.29 is 9.53 Å². The van der Waals surface area contributed by atoms with Crippen molar-refractivity contribution in [1.82, 2.24) is 0 Å². The van der Waals surface area contributed by atoms with Crippen molar-refractivity contribution in [2.75, 3.05) is 0 Å². The molecule has 2 saturated carbocycles. The molecule has 2 fully saturated rings. The molecule has 2 aliphatic carbocycles. The number of fused-ring (bicyclic) bond motifs is 1. The smallest absolute Gasteiger partial charge is 0.311 e. The summed E-state index contributed by atoms with van der Waals surface area (Å²) in [6, 6.07) is 0.0418. The van der Waals surface area contributed by atoms with Crippen molar-refractivity contribution in [2.45, 2.75) is 58.1 Å². The van der Waals surface area contributed by atoms with E-state index in [1.807, 2.05) is 20.8 Å². The maximum atomic E-state index is 12.0. The van der Waals surface area contributed by atoms with Gasteiger partial charge in [0.25, 0.3) is 0 Å². The fourth-order valence-electron chi connectivity index (χ4n) is 3.22. The summed E-state index contributed by atoms with van der Waals surface area (Å²) in [6.45, 7) is 5.73. The lowest BCUT2D eigenvalue weighted by Crippen LogP contribution is -2.61. The average Bonchev–Trinajstić information content (AvgIpc) is 2.14. The van der Waals surface area contributed by atoms with Gasteiger partial charge in [-0.05, 0) is 45.4 Å². The second-order valence-electron chi connectivity index (χ2n) is 6.25. The Kier molecular flexibility index (Phi) is 2.99. The van der Waals surface area contributed by atoms with Crippen molar-refractivity contribution in [3.8, 4) is 0 Å². The molecular formula is C13H23NO2.